The number of ether oxygens (including phenoxy) is 1. The smallest absolute Gasteiger partial charge is 0.416 e. The van der Waals surface area contributed by atoms with E-state index in [-0.39, 0.29) is 17.1 Å². The summed E-state index contributed by atoms with van der Waals surface area (Å²) in [5, 5.41) is 0. The Hall–Kier alpha value is -2.68. The van der Waals surface area contributed by atoms with E-state index in [0.29, 0.717) is 0 Å². The first kappa shape index (κ1) is 21.6. The lowest BCUT2D eigenvalue weighted by atomic mass is 9.87. The largest absolute Gasteiger partial charge is 0.465 e. The fourth-order valence-electron chi connectivity index (χ4n) is 2.64. The Morgan fingerprint density at radius 2 is 1.61 bits per heavy atom. The molecule has 2 aromatic carbocycles. The molecule has 1 atom stereocenters. The zero-order valence-corrected chi connectivity index (χ0v) is 15.8. The molecule has 0 aliphatic carbocycles. The maximum absolute atomic E-state index is 13.4. The number of benzene rings is 2. The van der Waals surface area contributed by atoms with Gasteiger partial charge in [-0.2, -0.15) is 13.2 Å². The van der Waals surface area contributed by atoms with Gasteiger partial charge in [0.05, 0.1) is 17.1 Å². The number of hydrogen-bond acceptors (Lipinski definition) is 5. The van der Waals surface area contributed by atoms with Gasteiger partial charge < -0.3 is 4.74 Å². The van der Waals surface area contributed by atoms with E-state index in [1.54, 1.807) is 0 Å². The Morgan fingerprint density at radius 3 is 2.11 bits per heavy atom. The zero-order valence-electron chi connectivity index (χ0n) is 15.0. The van der Waals surface area contributed by atoms with E-state index >= 15 is 0 Å². The van der Waals surface area contributed by atoms with Crippen molar-refractivity contribution in [1.82, 2.24) is 0 Å². The van der Waals surface area contributed by atoms with E-state index in [1.807, 2.05) is 0 Å². The molecule has 0 fully saturated rings. The van der Waals surface area contributed by atoms with Crippen LogP contribution in [0.25, 0.3) is 0 Å². The molecular formula is C19H17F3O5S. The minimum atomic E-state index is -4.78. The van der Waals surface area contributed by atoms with Gasteiger partial charge in [0, 0.05) is 11.8 Å². The average molecular weight is 414 g/mol. The highest BCUT2D eigenvalue weighted by atomic mass is 32.2. The fourth-order valence-corrected chi connectivity index (χ4v) is 3.27. The molecule has 9 heteroatoms. The van der Waals surface area contributed by atoms with Gasteiger partial charge in [-0.25, -0.2) is 8.42 Å². The van der Waals surface area contributed by atoms with Crippen molar-refractivity contribution in [2.45, 2.75) is 23.9 Å². The molecule has 0 heterocycles. The summed E-state index contributed by atoms with van der Waals surface area (Å²) in [5.74, 6) is -3.87. The molecule has 5 nitrogen and oxygen atoms in total. The summed E-state index contributed by atoms with van der Waals surface area (Å²) >= 11 is 0. The molecule has 0 saturated carbocycles. The third kappa shape index (κ3) is 4.78. The Kier molecular flexibility index (Phi) is 6.28. The molecule has 0 aliphatic heterocycles. The lowest BCUT2D eigenvalue weighted by molar-refractivity contribution is -0.144. The van der Waals surface area contributed by atoms with E-state index in [4.69, 9.17) is 4.74 Å². The van der Waals surface area contributed by atoms with E-state index in [9.17, 15) is 31.2 Å². The number of carbonyl (C=O) groups is 2. The summed E-state index contributed by atoms with van der Waals surface area (Å²) < 4.78 is 68.0. The lowest BCUT2D eigenvalue weighted by Crippen LogP contribution is -2.27. The van der Waals surface area contributed by atoms with Crippen molar-refractivity contribution in [3.8, 4) is 0 Å². The van der Waals surface area contributed by atoms with E-state index in [0.717, 1.165) is 48.7 Å². The molecule has 0 N–H and O–H groups in total. The number of hydrogen-bond donors (Lipinski definition) is 0. The van der Waals surface area contributed by atoms with Crippen LogP contribution in [0.2, 0.25) is 0 Å². The molecule has 0 bridgehead atoms. The number of ketones is 1. The minimum absolute atomic E-state index is 0.0626. The van der Waals surface area contributed by atoms with Crippen LogP contribution in [0.1, 0.15) is 34.3 Å². The van der Waals surface area contributed by atoms with Crippen LogP contribution in [-0.4, -0.2) is 33.0 Å². The number of sulfone groups is 1. The maximum Gasteiger partial charge on any atom is 0.416 e. The first-order valence-corrected chi connectivity index (χ1v) is 10.0. The molecule has 150 valence electrons. The van der Waals surface area contributed by atoms with Crippen LogP contribution < -0.4 is 0 Å². The third-order valence-corrected chi connectivity index (χ3v) is 5.06. The van der Waals surface area contributed by atoms with Crippen molar-refractivity contribution in [3.63, 3.8) is 0 Å². The molecule has 2 aromatic rings. The predicted octanol–water partition coefficient (Wildman–Crippen LogP) is 3.64. The Balaban J connectivity index is 2.57. The number of rotatable bonds is 6. The number of halogens is 3. The summed E-state index contributed by atoms with van der Waals surface area (Å²) in [7, 11) is -3.52. The van der Waals surface area contributed by atoms with Crippen LogP contribution in [0.5, 0.6) is 0 Å². The molecule has 0 spiro atoms. The quantitative estimate of drug-likeness (QED) is 0.410. The van der Waals surface area contributed by atoms with Gasteiger partial charge in [-0.3, -0.25) is 9.59 Å². The highest BCUT2D eigenvalue weighted by Crippen LogP contribution is 2.36. The van der Waals surface area contributed by atoms with Gasteiger partial charge in [0.2, 0.25) is 0 Å². The minimum Gasteiger partial charge on any atom is -0.465 e. The molecule has 0 aliphatic rings. The number of Topliss-reactive ketones (excluding diaryl/α,β-unsaturated/α-hetero) is 1. The summed E-state index contributed by atoms with van der Waals surface area (Å²) in [6.45, 7) is 1.35. The molecule has 1 unspecified atom stereocenters. The summed E-state index contributed by atoms with van der Waals surface area (Å²) in [4.78, 5) is 25.2. The first-order valence-electron chi connectivity index (χ1n) is 8.14. The third-order valence-electron chi connectivity index (χ3n) is 3.93. The molecule has 0 amide bonds. The second-order valence-corrected chi connectivity index (χ2v) is 7.95. The second-order valence-electron chi connectivity index (χ2n) is 5.93. The van der Waals surface area contributed by atoms with Gasteiger partial charge in [-0.1, -0.05) is 30.3 Å². The van der Waals surface area contributed by atoms with Crippen LogP contribution in [0.15, 0.2) is 53.4 Å². The molecule has 0 saturated heterocycles. The highest BCUT2D eigenvalue weighted by Gasteiger charge is 2.40. The standard InChI is InChI=1S/C19H17F3O5S/c1-3-27-18(24)16(14-6-4-5-7-15(14)19(20,21)22)17(23)12-8-10-13(11-9-12)28(2,25)26/h4-11,16H,3H2,1-2H3. The van der Waals surface area contributed by atoms with Crippen LogP contribution in [0, 0.1) is 0 Å². The van der Waals surface area contributed by atoms with Gasteiger partial charge >= 0.3 is 12.1 Å². The first-order chi connectivity index (χ1) is 13.0. The predicted molar refractivity (Wildman–Crippen MR) is 94.7 cm³/mol. The fraction of sp³-hybridized carbons (Fsp3) is 0.263. The lowest BCUT2D eigenvalue weighted by Gasteiger charge is -2.19. The maximum atomic E-state index is 13.4. The van der Waals surface area contributed by atoms with Crippen LogP contribution in [0.4, 0.5) is 13.2 Å². The molecular weight excluding hydrogens is 397 g/mol. The van der Waals surface area contributed by atoms with Crippen molar-refractivity contribution in [2.24, 2.45) is 0 Å². The molecule has 2 rings (SSSR count). The van der Waals surface area contributed by atoms with Crippen LogP contribution in [-0.2, 0) is 25.5 Å². The Bertz CT molecular complexity index is 979. The number of esters is 1. The Morgan fingerprint density at radius 1 is 1.04 bits per heavy atom. The average Bonchev–Trinajstić information content (AvgIpc) is 2.61. The molecule has 0 radical (unpaired) electrons. The second kappa shape index (κ2) is 8.14. The van der Waals surface area contributed by atoms with E-state index < -0.39 is 44.8 Å². The number of alkyl halides is 3. The topological polar surface area (TPSA) is 77.5 Å². The summed E-state index contributed by atoms with van der Waals surface area (Å²) in [6.07, 6.45) is -3.80. The molecule has 0 aromatic heterocycles. The van der Waals surface area contributed by atoms with Gasteiger partial charge in [-0.15, -0.1) is 0 Å². The van der Waals surface area contributed by atoms with Crippen molar-refractivity contribution in [1.29, 1.82) is 0 Å². The van der Waals surface area contributed by atoms with Crippen LogP contribution >= 0.6 is 0 Å². The van der Waals surface area contributed by atoms with Crippen LogP contribution in [0.3, 0.4) is 0 Å². The van der Waals surface area contributed by atoms with Gasteiger partial charge in [-0.05, 0) is 30.7 Å². The van der Waals surface area contributed by atoms with Crippen molar-refractivity contribution < 1.29 is 35.9 Å². The van der Waals surface area contributed by atoms with Gasteiger partial charge in [0.15, 0.2) is 15.6 Å². The Labute approximate surface area is 160 Å². The van der Waals surface area contributed by atoms with Gasteiger partial charge in [0.25, 0.3) is 0 Å². The van der Waals surface area contributed by atoms with Crippen molar-refractivity contribution >= 4 is 21.6 Å². The van der Waals surface area contributed by atoms with Gasteiger partial charge in [0.1, 0.15) is 5.92 Å². The monoisotopic (exact) mass is 414 g/mol. The van der Waals surface area contributed by atoms with E-state index in [2.05, 4.69) is 0 Å². The van der Waals surface area contributed by atoms with Crippen molar-refractivity contribution in [3.05, 3.63) is 65.2 Å². The summed E-state index contributed by atoms with van der Waals surface area (Å²) in [6, 6.07) is 8.88. The molecule has 28 heavy (non-hydrogen) atoms. The summed E-state index contributed by atoms with van der Waals surface area (Å²) in [5.41, 5.74) is -1.75. The van der Waals surface area contributed by atoms with E-state index in [1.165, 1.54) is 13.0 Å². The normalized spacial score (nSPS) is 13.0. The zero-order chi connectivity index (χ0) is 21.1. The SMILES string of the molecule is CCOC(=O)C(C(=O)c1ccc(S(C)(=O)=O)cc1)c1ccccc1C(F)(F)F. The van der Waals surface area contributed by atoms with Crippen molar-refractivity contribution in [2.75, 3.05) is 12.9 Å². The highest BCUT2D eigenvalue weighted by molar-refractivity contribution is 7.90. The number of carbonyl (C=O) groups excluding carboxylic acids is 2.